The third kappa shape index (κ3) is 3.93. The van der Waals surface area contributed by atoms with Gasteiger partial charge in [0.15, 0.2) is 0 Å². The van der Waals surface area contributed by atoms with Crippen LogP contribution in [0, 0.1) is 10.6 Å². The molecule has 0 amide bonds. The van der Waals surface area contributed by atoms with Crippen molar-refractivity contribution in [1.82, 2.24) is 25.0 Å². The first-order chi connectivity index (χ1) is 11.5. The van der Waals surface area contributed by atoms with Gasteiger partial charge in [0.05, 0.1) is 6.54 Å². The first-order valence-corrected chi connectivity index (χ1v) is 8.53. The van der Waals surface area contributed by atoms with Crippen LogP contribution in [0.3, 0.4) is 0 Å². The van der Waals surface area contributed by atoms with Gasteiger partial charge in [0.2, 0.25) is 0 Å². The summed E-state index contributed by atoms with van der Waals surface area (Å²) in [6.45, 7) is 2.57. The summed E-state index contributed by atoms with van der Waals surface area (Å²) < 4.78 is 8.32. The number of nitrogens with two attached hydrogens (primary N) is 1. The van der Waals surface area contributed by atoms with Crippen molar-refractivity contribution >= 4 is 40.0 Å². The topological polar surface area (TPSA) is 91.7 Å². The summed E-state index contributed by atoms with van der Waals surface area (Å²) in [5.74, 6) is 1.82. The van der Waals surface area contributed by atoms with Crippen molar-refractivity contribution in [2.75, 3.05) is 5.73 Å². The fourth-order valence-corrected chi connectivity index (χ4v) is 2.66. The van der Waals surface area contributed by atoms with Crippen LogP contribution in [0.1, 0.15) is 17.1 Å². The van der Waals surface area contributed by atoms with Crippen LogP contribution < -0.4 is 10.5 Å². The minimum absolute atomic E-state index is 0.319. The summed E-state index contributed by atoms with van der Waals surface area (Å²) in [7, 11) is 0. The van der Waals surface area contributed by atoms with Gasteiger partial charge in [0, 0.05) is 16.8 Å². The fourth-order valence-electron chi connectivity index (χ4n) is 2.01. The maximum Gasteiger partial charge on any atom is 0.135 e. The molecule has 0 saturated carbocycles. The van der Waals surface area contributed by atoms with Crippen molar-refractivity contribution in [3.63, 3.8) is 0 Å². The predicted molar refractivity (Wildman–Crippen MR) is 98.8 cm³/mol. The van der Waals surface area contributed by atoms with Crippen molar-refractivity contribution in [3.05, 3.63) is 56.3 Å². The van der Waals surface area contributed by atoms with Crippen molar-refractivity contribution in [2.24, 2.45) is 0 Å². The summed E-state index contributed by atoms with van der Waals surface area (Å²) in [5, 5.41) is 8.98. The van der Waals surface area contributed by atoms with E-state index in [1.807, 2.05) is 12.1 Å². The molecule has 7 nitrogen and oxygen atoms in total. The number of hydrogen-bond acceptors (Lipinski definition) is 6. The molecule has 2 N–H and O–H groups in total. The molecular weight excluding hydrogens is 443 g/mol. The maximum absolute atomic E-state index is 5.92. The van der Waals surface area contributed by atoms with Crippen LogP contribution >= 0.6 is 34.2 Å². The second-order valence-corrected chi connectivity index (χ2v) is 6.51. The molecule has 0 atom stereocenters. The van der Waals surface area contributed by atoms with Crippen molar-refractivity contribution in [2.45, 2.75) is 20.1 Å². The van der Waals surface area contributed by atoms with E-state index >= 15 is 0 Å². The van der Waals surface area contributed by atoms with Crippen LogP contribution in [0.5, 0.6) is 5.75 Å². The van der Waals surface area contributed by atoms with E-state index in [0.717, 1.165) is 20.7 Å². The number of benzene rings is 1. The predicted octanol–water partition coefficient (Wildman–Crippen LogP) is 2.84. The molecule has 0 saturated heterocycles. The average molecular weight is 457 g/mol. The molecule has 24 heavy (non-hydrogen) atoms. The zero-order valence-corrected chi connectivity index (χ0v) is 15.7. The van der Waals surface area contributed by atoms with Crippen molar-refractivity contribution in [1.29, 1.82) is 0 Å². The molecule has 2 aromatic heterocycles. The van der Waals surface area contributed by atoms with Gasteiger partial charge in [-0.25, -0.2) is 14.6 Å². The quantitative estimate of drug-likeness (QED) is 0.594. The van der Waals surface area contributed by atoms with E-state index in [2.05, 4.69) is 42.9 Å². The Balaban J connectivity index is 1.70. The van der Waals surface area contributed by atoms with Gasteiger partial charge in [-0.15, -0.1) is 5.10 Å². The molecule has 0 radical (unpaired) electrons. The molecular formula is C15H14ClIN6O. The molecule has 3 rings (SSSR count). The Hall–Kier alpha value is -1.94. The van der Waals surface area contributed by atoms with Gasteiger partial charge in [-0.2, -0.15) is 0 Å². The number of ether oxygens (including phenoxy) is 1. The number of rotatable bonds is 5. The molecule has 0 bridgehead atoms. The van der Waals surface area contributed by atoms with E-state index in [9.17, 15) is 0 Å². The molecule has 3 aromatic rings. The standard InChI is InChI=1S/C15H14ClIN6O/c1-9-19-6-10(15(18)20-9)7-23-14(17)13(21-22-23)8-24-12-4-2-11(16)3-5-12/h2-6H,7-8H2,1H3,(H2,18,19,20). The molecule has 0 fully saturated rings. The lowest BCUT2D eigenvalue weighted by Gasteiger charge is -2.07. The molecule has 9 heteroatoms. The number of aryl methyl sites for hydroxylation is 1. The smallest absolute Gasteiger partial charge is 0.135 e. The highest BCUT2D eigenvalue weighted by Gasteiger charge is 2.13. The van der Waals surface area contributed by atoms with Crippen LogP contribution in [-0.2, 0) is 13.2 Å². The molecule has 0 spiro atoms. The van der Waals surface area contributed by atoms with Crippen LogP contribution in [0.4, 0.5) is 5.82 Å². The minimum Gasteiger partial charge on any atom is -0.487 e. The summed E-state index contributed by atoms with van der Waals surface area (Å²) in [5.41, 5.74) is 7.47. The van der Waals surface area contributed by atoms with Gasteiger partial charge < -0.3 is 10.5 Å². The average Bonchev–Trinajstić information content (AvgIpc) is 2.90. The van der Waals surface area contributed by atoms with Gasteiger partial charge in [0.25, 0.3) is 0 Å². The molecule has 1 aromatic carbocycles. The Morgan fingerprint density at radius 3 is 2.75 bits per heavy atom. The van der Waals surface area contributed by atoms with E-state index in [0.29, 0.717) is 29.8 Å². The third-order valence-electron chi connectivity index (χ3n) is 3.27. The Morgan fingerprint density at radius 1 is 1.29 bits per heavy atom. The second-order valence-electron chi connectivity index (χ2n) is 5.05. The SMILES string of the molecule is Cc1ncc(Cn2nnc(COc3ccc(Cl)cc3)c2I)c(N)n1. The Morgan fingerprint density at radius 2 is 2.04 bits per heavy atom. The summed E-state index contributed by atoms with van der Waals surface area (Å²) in [6, 6.07) is 7.17. The highest BCUT2D eigenvalue weighted by molar-refractivity contribution is 14.1. The lowest BCUT2D eigenvalue weighted by Crippen LogP contribution is -2.09. The Bertz CT molecular complexity index is 852. The zero-order chi connectivity index (χ0) is 17.1. The van der Waals surface area contributed by atoms with Crippen molar-refractivity contribution < 1.29 is 4.74 Å². The van der Waals surface area contributed by atoms with E-state index < -0.39 is 0 Å². The summed E-state index contributed by atoms with van der Waals surface area (Å²) in [4.78, 5) is 8.32. The molecule has 0 aliphatic rings. The monoisotopic (exact) mass is 456 g/mol. The molecule has 0 unspecified atom stereocenters. The molecule has 2 heterocycles. The normalized spacial score (nSPS) is 10.8. The minimum atomic E-state index is 0.319. The molecule has 0 aliphatic heterocycles. The Kier molecular flexibility index (Phi) is 5.14. The largest absolute Gasteiger partial charge is 0.487 e. The van der Waals surface area contributed by atoms with Gasteiger partial charge in [-0.3, -0.25) is 0 Å². The number of nitrogens with zero attached hydrogens (tertiary/aromatic N) is 5. The third-order valence-corrected chi connectivity index (χ3v) is 4.70. The highest BCUT2D eigenvalue weighted by Crippen LogP contribution is 2.19. The number of anilines is 1. The lowest BCUT2D eigenvalue weighted by molar-refractivity contribution is 0.300. The first kappa shape index (κ1) is 16.9. The zero-order valence-electron chi connectivity index (χ0n) is 12.8. The van der Waals surface area contributed by atoms with Crippen molar-refractivity contribution in [3.8, 4) is 5.75 Å². The second kappa shape index (κ2) is 7.31. The number of halogens is 2. The van der Waals surface area contributed by atoms with E-state index in [1.165, 1.54) is 0 Å². The van der Waals surface area contributed by atoms with Crippen LogP contribution in [0.2, 0.25) is 5.02 Å². The first-order valence-electron chi connectivity index (χ1n) is 7.07. The summed E-state index contributed by atoms with van der Waals surface area (Å²) >= 11 is 8.04. The summed E-state index contributed by atoms with van der Waals surface area (Å²) in [6.07, 6.45) is 1.71. The van der Waals surface area contributed by atoms with Gasteiger partial charge in [-0.05, 0) is 53.8 Å². The van der Waals surface area contributed by atoms with Crippen LogP contribution in [0.15, 0.2) is 30.5 Å². The van der Waals surface area contributed by atoms with Crippen LogP contribution in [0.25, 0.3) is 0 Å². The highest BCUT2D eigenvalue weighted by atomic mass is 127. The molecule has 0 aliphatic carbocycles. The van der Waals surface area contributed by atoms with Gasteiger partial charge in [0.1, 0.15) is 33.4 Å². The Labute approximate surface area is 157 Å². The lowest BCUT2D eigenvalue weighted by atomic mass is 10.3. The van der Waals surface area contributed by atoms with Gasteiger partial charge in [-0.1, -0.05) is 16.8 Å². The maximum atomic E-state index is 5.92. The van der Waals surface area contributed by atoms with E-state index in [4.69, 9.17) is 22.1 Å². The van der Waals surface area contributed by atoms with E-state index in [1.54, 1.807) is 29.9 Å². The number of nitrogen functional groups attached to an aromatic ring is 1. The number of hydrogen-bond donors (Lipinski definition) is 1. The van der Waals surface area contributed by atoms with Crippen LogP contribution in [-0.4, -0.2) is 25.0 Å². The molecule has 124 valence electrons. The fraction of sp³-hybridized carbons (Fsp3) is 0.200. The number of aromatic nitrogens is 5. The van der Waals surface area contributed by atoms with Gasteiger partial charge >= 0.3 is 0 Å². The van der Waals surface area contributed by atoms with E-state index in [-0.39, 0.29) is 0 Å².